The Balaban J connectivity index is 1.94. The maximum absolute atomic E-state index is 9.83. The predicted molar refractivity (Wildman–Crippen MR) is 107 cm³/mol. The number of nitrogens with two attached hydrogens (primary N) is 2. The molecular formula is C21H23N7. The minimum atomic E-state index is 0.0728. The largest absolute Gasteiger partial charge is 0.383 e. The van der Waals surface area contributed by atoms with E-state index in [4.69, 9.17) is 11.5 Å². The Hall–Kier alpha value is -3.24. The van der Waals surface area contributed by atoms with E-state index in [0.717, 1.165) is 46.4 Å². The van der Waals surface area contributed by atoms with Crippen molar-refractivity contribution in [3.63, 3.8) is 0 Å². The highest BCUT2D eigenvalue weighted by Crippen LogP contribution is 2.38. The molecule has 2 aromatic heterocycles. The number of anilines is 1. The average Bonchev–Trinajstić information content (AvgIpc) is 3.17. The van der Waals surface area contributed by atoms with Crippen molar-refractivity contribution in [3.8, 4) is 17.2 Å². The summed E-state index contributed by atoms with van der Waals surface area (Å²) in [6.07, 6.45) is 5.61. The third-order valence-electron chi connectivity index (χ3n) is 5.49. The van der Waals surface area contributed by atoms with E-state index in [1.54, 1.807) is 11.0 Å². The zero-order chi connectivity index (χ0) is 19.8. The molecule has 1 aliphatic rings. The molecule has 0 radical (unpaired) electrons. The fourth-order valence-electron chi connectivity index (χ4n) is 4.04. The minimum Gasteiger partial charge on any atom is -0.383 e. The summed E-state index contributed by atoms with van der Waals surface area (Å²) in [6, 6.07) is 6.64. The first-order valence-corrected chi connectivity index (χ1v) is 9.37. The van der Waals surface area contributed by atoms with Crippen molar-refractivity contribution in [1.82, 2.24) is 19.7 Å². The van der Waals surface area contributed by atoms with Crippen LogP contribution < -0.4 is 11.5 Å². The highest BCUT2D eigenvalue weighted by atomic mass is 15.3. The van der Waals surface area contributed by atoms with Gasteiger partial charge in [0.2, 0.25) is 0 Å². The van der Waals surface area contributed by atoms with Crippen molar-refractivity contribution in [2.24, 2.45) is 5.73 Å². The first-order valence-electron chi connectivity index (χ1n) is 9.37. The molecule has 1 aliphatic carbocycles. The summed E-state index contributed by atoms with van der Waals surface area (Å²) >= 11 is 0. The average molecular weight is 373 g/mol. The van der Waals surface area contributed by atoms with Gasteiger partial charge < -0.3 is 11.5 Å². The van der Waals surface area contributed by atoms with E-state index in [9.17, 15) is 5.26 Å². The van der Waals surface area contributed by atoms with E-state index >= 15 is 0 Å². The van der Waals surface area contributed by atoms with Gasteiger partial charge in [-0.1, -0.05) is 6.07 Å². The summed E-state index contributed by atoms with van der Waals surface area (Å²) in [4.78, 5) is 8.53. The van der Waals surface area contributed by atoms with Crippen LogP contribution >= 0.6 is 0 Å². The van der Waals surface area contributed by atoms with Crippen molar-refractivity contribution < 1.29 is 0 Å². The Kier molecular flexibility index (Phi) is 4.57. The van der Waals surface area contributed by atoms with Gasteiger partial charge in [-0.05, 0) is 67.0 Å². The van der Waals surface area contributed by atoms with Gasteiger partial charge in [0.15, 0.2) is 0 Å². The van der Waals surface area contributed by atoms with Crippen molar-refractivity contribution in [1.29, 1.82) is 5.26 Å². The van der Waals surface area contributed by atoms with E-state index in [1.165, 1.54) is 11.9 Å². The molecule has 2 heterocycles. The van der Waals surface area contributed by atoms with Crippen molar-refractivity contribution in [3.05, 3.63) is 58.3 Å². The summed E-state index contributed by atoms with van der Waals surface area (Å²) in [7, 11) is 0. The summed E-state index contributed by atoms with van der Waals surface area (Å²) in [5.41, 5.74) is 20.2. The number of nitriles is 1. The van der Waals surface area contributed by atoms with Crippen molar-refractivity contribution in [2.75, 3.05) is 5.73 Å². The van der Waals surface area contributed by atoms with Gasteiger partial charge in [0, 0.05) is 17.3 Å². The molecule has 0 bridgehead atoms. The predicted octanol–water partition coefficient (Wildman–Crippen LogP) is 2.28. The first-order chi connectivity index (χ1) is 13.5. The number of aryl methyl sites for hydroxylation is 3. The van der Waals surface area contributed by atoms with E-state index in [1.807, 2.05) is 0 Å². The van der Waals surface area contributed by atoms with Crippen LogP contribution in [-0.2, 0) is 19.4 Å². The van der Waals surface area contributed by atoms with Gasteiger partial charge in [-0.3, -0.25) is 0 Å². The van der Waals surface area contributed by atoms with Gasteiger partial charge in [-0.25, -0.2) is 14.6 Å². The maximum atomic E-state index is 9.83. The second-order valence-electron chi connectivity index (χ2n) is 7.47. The molecule has 0 saturated heterocycles. The maximum Gasteiger partial charge on any atom is 0.142 e. The highest BCUT2D eigenvalue weighted by molar-refractivity contribution is 5.82. The molecule has 7 heteroatoms. The van der Waals surface area contributed by atoms with E-state index in [2.05, 4.69) is 47.1 Å². The van der Waals surface area contributed by atoms with Crippen LogP contribution in [0.3, 0.4) is 0 Å². The molecular weight excluding hydrogens is 350 g/mol. The smallest absolute Gasteiger partial charge is 0.142 e. The van der Waals surface area contributed by atoms with Crippen LogP contribution in [0.1, 0.15) is 39.9 Å². The van der Waals surface area contributed by atoms with Crippen LogP contribution in [0.4, 0.5) is 5.82 Å². The lowest BCUT2D eigenvalue weighted by Crippen LogP contribution is -2.29. The molecule has 0 amide bonds. The molecule has 1 unspecified atom stereocenters. The zero-order valence-electron chi connectivity index (χ0n) is 16.1. The third-order valence-corrected chi connectivity index (χ3v) is 5.49. The van der Waals surface area contributed by atoms with Crippen LogP contribution in [0.25, 0.3) is 11.1 Å². The van der Waals surface area contributed by atoms with Crippen LogP contribution in [0.2, 0.25) is 0 Å². The fraction of sp³-hybridized carbons (Fsp3) is 0.333. The van der Waals surface area contributed by atoms with Crippen LogP contribution in [0.5, 0.6) is 0 Å². The molecule has 28 heavy (non-hydrogen) atoms. The monoisotopic (exact) mass is 373 g/mol. The summed E-state index contributed by atoms with van der Waals surface area (Å²) in [6.45, 7) is 4.76. The Morgan fingerprint density at radius 1 is 1.29 bits per heavy atom. The lowest BCUT2D eigenvalue weighted by Gasteiger charge is -2.26. The molecule has 4 N–H and O–H groups in total. The molecule has 0 aliphatic heterocycles. The van der Waals surface area contributed by atoms with Crippen LogP contribution in [0.15, 0.2) is 24.8 Å². The van der Waals surface area contributed by atoms with E-state index < -0.39 is 0 Å². The van der Waals surface area contributed by atoms with Gasteiger partial charge in [0.1, 0.15) is 30.1 Å². The number of aromatic nitrogens is 4. The lowest BCUT2D eigenvalue weighted by atomic mass is 9.82. The number of rotatable bonds is 3. The molecule has 0 fully saturated rings. The number of nitrogens with zero attached hydrogens (tertiary/aromatic N) is 5. The van der Waals surface area contributed by atoms with E-state index in [0.29, 0.717) is 24.3 Å². The summed E-state index contributed by atoms with van der Waals surface area (Å²) in [5.74, 6) is 0.296. The molecule has 3 aromatic rings. The van der Waals surface area contributed by atoms with Gasteiger partial charge in [-0.2, -0.15) is 10.4 Å². The molecule has 142 valence electrons. The van der Waals surface area contributed by atoms with Gasteiger partial charge in [0.05, 0.1) is 6.54 Å². The van der Waals surface area contributed by atoms with Crippen molar-refractivity contribution >= 4 is 5.82 Å². The molecule has 1 atom stereocenters. The highest BCUT2D eigenvalue weighted by Gasteiger charge is 2.26. The SMILES string of the molecule is Cc1cc(C)c(-c2c(C#N)c(N)nc3c2CC(N)CC3)cc1Cn1cncn1. The van der Waals surface area contributed by atoms with Gasteiger partial charge >= 0.3 is 0 Å². The van der Waals surface area contributed by atoms with Gasteiger partial charge in [-0.15, -0.1) is 0 Å². The molecule has 7 nitrogen and oxygen atoms in total. The Bertz CT molecular complexity index is 1080. The Morgan fingerprint density at radius 2 is 2.11 bits per heavy atom. The number of benzene rings is 1. The second-order valence-corrected chi connectivity index (χ2v) is 7.47. The molecule has 0 saturated carbocycles. The number of nitrogen functional groups attached to an aromatic ring is 1. The van der Waals surface area contributed by atoms with Crippen molar-refractivity contribution in [2.45, 2.75) is 45.7 Å². The number of hydrogen-bond donors (Lipinski definition) is 2. The molecule has 0 spiro atoms. The summed E-state index contributed by atoms with van der Waals surface area (Å²) < 4.78 is 1.79. The molecule has 1 aromatic carbocycles. The standard InChI is InChI=1S/C21H23N7/c1-12-5-13(2)16(6-14(12)9-28-11-25-10-26-28)20-17-7-15(23)3-4-19(17)27-21(24)18(20)8-22/h5-6,10-11,15H,3-4,7,9,23H2,1-2H3,(H2,24,27). The quantitative estimate of drug-likeness (QED) is 0.727. The third kappa shape index (κ3) is 3.12. The molecule has 4 rings (SSSR count). The summed E-state index contributed by atoms with van der Waals surface area (Å²) in [5, 5.41) is 14.0. The number of pyridine rings is 1. The first kappa shape index (κ1) is 18.1. The normalized spacial score (nSPS) is 15.9. The minimum absolute atomic E-state index is 0.0728. The Morgan fingerprint density at radius 3 is 2.82 bits per heavy atom. The van der Waals surface area contributed by atoms with Crippen LogP contribution in [0, 0.1) is 25.2 Å². The lowest BCUT2D eigenvalue weighted by molar-refractivity contribution is 0.568. The Labute approximate surface area is 164 Å². The van der Waals surface area contributed by atoms with Gasteiger partial charge in [0.25, 0.3) is 0 Å². The van der Waals surface area contributed by atoms with E-state index in [-0.39, 0.29) is 6.04 Å². The van der Waals surface area contributed by atoms with Crippen LogP contribution in [-0.4, -0.2) is 25.8 Å². The fourth-order valence-corrected chi connectivity index (χ4v) is 4.04. The number of hydrogen-bond acceptors (Lipinski definition) is 6. The zero-order valence-corrected chi connectivity index (χ0v) is 16.1. The number of fused-ring (bicyclic) bond motifs is 1. The topological polar surface area (TPSA) is 119 Å². The second kappa shape index (κ2) is 7.06.